The molecule has 2 N–H and O–H groups in total. The van der Waals surface area contributed by atoms with Crippen LogP contribution in [0.4, 0.5) is 15.8 Å². The number of hydrogen-bond donors (Lipinski definition) is 2. The van der Waals surface area contributed by atoms with E-state index in [0.717, 1.165) is 0 Å². The van der Waals surface area contributed by atoms with E-state index in [1.165, 1.54) is 13.0 Å². The number of amides is 2. The minimum Gasteiger partial charge on any atom is -0.326 e. The topological polar surface area (TPSA) is 58.2 Å². The lowest BCUT2D eigenvalue weighted by Crippen LogP contribution is -2.13. The van der Waals surface area contributed by atoms with Crippen LogP contribution in [0.15, 0.2) is 48.5 Å². The Kier molecular flexibility index (Phi) is 5.25. The zero-order chi connectivity index (χ0) is 15.9. The normalized spacial score (nSPS) is 10.1. The first kappa shape index (κ1) is 15.7. The fraction of sp³-hybridized carbons (Fsp3) is 0.176. The Morgan fingerprint density at radius 1 is 1.00 bits per heavy atom. The van der Waals surface area contributed by atoms with Gasteiger partial charge in [0.05, 0.1) is 0 Å². The number of rotatable bonds is 5. The van der Waals surface area contributed by atoms with E-state index in [1.54, 1.807) is 42.5 Å². The molecular formula is C17H17FN2O2. The summed E-state index contributed by atoms with van der Waals surface area (Å²) in [5.41, 5.74) is 1.72. The van der Waals surface area contributed by atoms with Crippen LogP contribution in [0.3, 0.4) is 0 Å². The zero-order valence-electron chi connectivity index (χ0n) is 12.2. The third-order valence-electron chi connectivity index (χ3n) is 3.05. The van der Waals surface area contributed by atoms with Crippen LogP contribution in [0, 0.1) is 5.82 Å². The zero-order valence-corrected chi connectivity index (χ0v) is 12.2. The van der Waals surface area contributed by atoms with Crippen LogP contribution in [0.2, 0.25) is 0 Å². The Balaban J connectivity index is 1.92. The highest BCUT2D eigenvalue weighted by Gasteiger charge is 2.06. The first-order chi connectivity index (χ1) is 10.5. The van der Waals surface area contributed by atoms with E-state index in [-0.39, 0.29) is 24.1 Å². The highest BCUT2D eigenvalue weighted by molar-refractivity contribution is 5.93. The molecule has 0 aliphatic rings. The van der Waals surface area contributed by atoms with Gasteiger partial charge in [-0.2, -0.15) is 0 Å². The molecule has 2 aromatic carbocycles. The van der Waals surface area contributed by atoms with Gasteiger partial charge in [-0.05, 0) is 36.2 Å². The van der Waals surface area contributed by atoms with Crippen LogP contribution in [-0.4, -0.2) is 11.8 Å². The number of hydrogen-bond acceptors (Lipinski definition) is 2. The van der Waals surface area contributed by atoms with Gasteiger partial charge in [0.2, 0.25) is 11.8 Å². The van der Waals surface area contributed by atoms with Gasteiger partial charge in [0.15, 0.2) is 0 Å². The van der Waals surface area contributed by atoms with E-state index in [4.69, 9.17) is 0 Å². The molecule has 0 aliphatic heterocycles. The first-order valence-electron chi connectivity index (χ1n) is 6.95. The Morgan fingerprint density at radius 2 is 1.68 bits per heavy atom. The predicted octanol–water partition coefficient (Wildman–Crippen LogP) is 3.36. The molecule has 114 valence electrons. The molecule has 5 heteroatoms. The van der Waals surface area contributed by atoms with E-state index in [0.29, 0.717) is 23.4 Å². The van der Waals surface area contributed by atoms with E-state index in [2.05, 4.69) is 10.6 Å². The standard InChI is InChI=1S/C17H17FN2O2/c1-12(21)19-14-6-4-7-15(11-14)20-17(22)10-9-13-5-2-3-8-16(13)18/h2-8,11H,9-10H2,1H3,(H,19,21)(H,20,22). The summed E-state index contributed by atoms with van der Waals surface area (Å²) in [5, 5.41) is 5.38. The van der Waals surface area contributed by atoms with Gasteiger partial charge in [0.1, 0.15) is 5.82 Å². The van der Waals surface area contributed by atoms with E-state index in [1.807, 2.05) is 0 Å². The smallest absolute Gasteiger partial charge is 0.224 e. The monoisotopic (exact) mass is 300 g/mol. The Labute approximate surface area is 128 Å². The number of nitrogens with one attached hydrogen (secondary N) is 2. The fourth-order valence-corrected chi connectivity index (χ4v) is 2.05. The summed E-state index contributed by atoms with van der Waals surface area (Å²) in [6.45, 7) is 1.42. The molecule has 0 bridgehead atoms. The Bertz CT molecular complexity index is 686. The summed E-state index contributed by atoms with van der Waals surface area (Å²) in [4.78, 5) is 22.9. The number of benzene rings is 2. The lowest BCUT2D eigenvalue weighted by Gasteiger charge is -2.08. The minimum absolute atomic E-state index is 0.178. The first-order valence-corrected chi connectivity index (χ1v) is 6.95. The minimum atomic E-state index is -0.303. The number of halogens is 1. The van der Waals surface area contributed by atoms with Crippen LogP contribution < -0.4 is 10.6 Å². The highest BCUT2D eigenvalue weighted by Crippen LogP contribution is 2.16. The molecule has 0 aromatic heterocycles. The summed E-state index contributed by atoms with van der Waals surface area (Å²) >= 11 is 0. The molecule has 22 heavy (non-hydrogen) atoms. The Morgan fingerprint density at radius 3 is 2.36 bits per heavy atom. The molecule has 0 spiro atoms. The van der Waals surface area contributed by atoms with Crippen LogP contribution in [0.25, 0.3) is 0 Å². The van der Waals surface area contributed by atoms with Gasteiger partial charge < -0.3 is 10.6 Å². The van der Waals surface area contributed by atoms with Crippen LogP contribution in [0.1, 0.15) is 18.9 Å². The summed E-state index contributed by atoms with van der Waals surface area (Å²) in [6, 6.07) is 13.3. The Hall–Kier alpha value is -2.69. The quantitative estimate of drug-likeness (QED) is 0.889. The molecule has 0 heterocycles. The van der Waals surface area contributed by atoms with Crippen LogP contribution in [-0.2, 0) is 16.0 Å². The van der Waals surface area contributed by atoms with Crippen LogP contribution in [0.5, 0.6) is 0 Å². The van der Waals surface area contributed by atoms with E-state index in [9.17, 15) is 14.0 Å². The summed E-state index contributed by atoms with van der Waals surface area (Å²) in [6.07, 6.45) is 0.523. The van der Waals surface area contributed by atoms with Crippen molar-refractivity contribution in [3.8, 4) is 0 Å². The van der Waals surface area contributed by atoms with Gasteiger partial charge in [0.25, 0.3) is 0 Å². The second-order valence-electron chi connectivity index (χ2n) is 4.90. The van der Waals surface area contributed by atoms with Crippen molar-refractivity contribution in [2.45, 2.75) is 19.8 Å². The maximum Gasteiger partial charge on any atom is 0.224 e. The molecule has 0 atom stereocenters. The molecule has 0 aliphatic carbocycles. The molecule has 0 saturated carbocycles. The van der Waals surface area contributed by atoms with Crippen molar-refractivity contribution in [1.82, 2.24) is 0 Å². The van der Waals surface area contributed by atoms with Crippen LogP contribution >= 0.6 is 0 Å². The lowest BCUT2D eigenvalue weighted by molar-refractivity contribution is -0.116. The van der Waals surface area contributed by atoms with Crippen molar-refractivity contribution in [2.75, 3.05) is 10.6 Å². The van der Waals surface area contributed by atoms with Gasteiger partial charge in [-0.3, -0.25) is 9.59 Å². The molecule has 0 fully saturated rings. The van der Waals surface area contributed by atoms with Gasteiger partial charge in [-0.1, -0.05) is 24.3 Å². The van der Waals surface area contributed by atoms with Gasteiger partial charge in [0, 0.05) is 24.7 Å². The molecule has 2 rings (SSSR count). The van der Waals surface area contributed by atoms with Gasteiger partial charge >= 0.3 is 0 Å². The fourth-order valence-electron chi connectivity index (χ4n) is 2.05. The van der Waals surface area contributed by atoms with Crippen molar-refractivity contribution in [1.29, 1.82) is 0 Å². The van der Waals surface area contributed by atoms with Gasteiger partial charge in [-0.15, -0.1) is 0 Å². The molecule has 0 saturated heterocycles. The van der Waals surface area contributed by atoms with E-state index < -0.39 is 0 Å². The second kappa shape index (κ2) is 7.36. The maximum atomic E-state index is 13.5. The van der Waals surface area contributed by atoms with Crippen molar-refractivity contribution in [2.24, 2.45) is 0 Å². The number of carbonyl (C=O) groups is 2. The molecule has 0 radical (unpaired) electrons. The predicted molar refractivity (Wildman–Crippen MR) is 84.1 cm³/mol. The van der Waals surface area contributed by atoms with Crippen molar-refractivity contribution < 1.29 is 14.0 Å². The number of aryl methyl sites for hydroxylation is 1. The number of carbonyl (C=O) groups excluding carboxylic acids is 2. The summed E-state index contributed by atoms with van der Waals surface area (Å²) < 4.78 is 13.5. The van der Waals surface area contributed by atoms with Crippen molar-refractivity contribution in [3.63, 3.8) is 0 Å². The molecule has 4 nitrogen and oxygen atoms in total. The summed E-state index contributed by atoms with van der Waals surface area (Å²) in [7, 11) is 0. The van der Waals surface area contributed by atoms with Gasteiger partial charge in [-0.25, -0.2) is 4.39 Å². The molecule has 2 amide bonds. The molecule has 0 unspecified atom stereocenters. The lowest BCUT2D eigenvalue weighted by atomic mass is 10.1. The highest BCUT2D eigenvalue weighted by atomic mass is 19.1. The third-order valence-corrected chi connectivity index (χ3v) is 3.05. The largest absolute Gasteiger partial charge is 0.326 e. The maximum absolute atomic E-state index is 13.5. The SMILES string of the molecule is CC(=O)Nc1cccc(NC(=O)CCc2ccccc2F)c1. The second-order valence-corrected chi connectivity index (χ2v) is 4.90. The van der Waals surface area contributed by atoms with Crippen molar-refractivity contribution >= 4 is 23.2 Å². The van der Waals surface area contributed by atoms with E-state index >= 15 is 0 Å². The number of anilines is 2. The third kappa shape index (κ3) is 4.70. The molecule has 2 aromatic rings. The molecular weight excluding hydrogens is 283 g/mol. The average Bonchev–Trinajstić information content (AvgIpc) is 2.46. The van der Waals surface area contributed by atoms with Crippen molar-refractivity contribution in [3.05, 3.63) is 59.9 Å². The summed E-state index contributed by atoms with van der Waals surface area (Å²) in [5.74, 6) is -0.686. The average molecular weight is 300 g/mol.